The van der Waals surface area contributed by atoms with Crippen molar-refractivity contribution in [2.45, 2.75) is 25.8 Å². The Kier molecular flexibility index (Phi) is 3.95. The quantitative estimate of drug-likeness (QED) is 0.794. The molecule has 5 nitrogen and oxygen atoms in total. The van der Waals surface area contributed by atoms with Crippen molar-refractivity contribution in [2.24, 2.45) is 5.92 Å². The van der Waals surface area contributed by atoms with Crippen molar-refractivity contribution in [3.05, 3.63) is 28.8 Å². The van der Waals surface area contributed by atoms with Gasteiger partial charge in [-0.05, 0) is 30.5 Å². The minimum absolute atomic E-state index is 0.0227. The monoisotopic (exact) mass is 282 g/mol. The first-order valence-electron chi connectivity index (χ1n) is 6.11. The summed E-state index contributed by atoms with van der Waals surface area (Å²) >= 11 is 5.74. The molecule has 0 aromatic heterocycles. The zero-order valence-corrected chi connectivity index (χ0v) is 11.2. The standard InChI is InChI=1S/C13H15ClN2O3/c1-2-7-5-11(7)16-13(19)15-10-4-3-8(14)6-9(10)12(17)18/h3-4,6-7,11H,2,5H2,1H3,(H,17,18)(H2,15,16,19). The number of urea groups is 1. The van der Waals surface area contributed by atoms with E-state index in [2.05, 4.69) is 17.6 Å². The van der Waals surface area contributed by atoms with Crippen LogP contribution in [0.1, 0.15) is 30.1 Å². The number of aromatic carboxylic acids is 1. The van der Waals surface area contributed by atoms with Gasteiger partial charge < -0.3 is 15.7 Å². The minimum atomic E-state index is -1.13. The van der Waals surface area contributed by atoms with Gasteiger partial charge in [-0.3, -0.25) is 0 Å². The Bertz CT molecular complexity index is 519. The zero-order chi connectivity index (χ0) is 14.0. The molecule has 0 heterocycles. The van der Waals surface area contributed by atoms with Crippen LogP contribution in [0.2, 0.25) is 5.02 Å². The topological polar surface area (TPSA) is 78.4 Å². The number of carbonyl (C=O) groups excluding carboxylic acids is 1. The van der Waals surface area contributed by atoms with Crippen LogP contribution in [0.4, 0.5) is 10.5 Å². The Morgan fingerprint density at radius 1 is 1.47 bits per heavy atom. The lowest BCUT2D eigenvalue weighted by Crippen LogP contribution is -2.32. The third-order valence-electron chi connectivity index (χ3n) is 3.22. The van der Waals surface area contributed by atoms with E-state index in [9.17, 15) is 9.59 Å². The molecule has 2 rings (SSSR count). The molecule has 1 saturated carbocycles. The molecule has 0 bridgehead atoms. The van der Waals surface area contributed by atoms with Crippen molar-refractivity contribution in [1.29, 1.82) is 0 Å². The van der Waals surface area contributed by atoms with Crippen LogP contribution < -0.4 is 10.6 Å². The van der Waals surface area contributed by atoms with Gasteiger partial charge in [-0.25, -0.2) is 9.59 Å². The molecule has 1 aliphatic carbocycles. The summed E-state index contributed by atoms with van der Waals surface area (Å²) in [6.07, 6.45) is 2.02. The molecule has 19 heavy (non-hydrogen) atoms. The van der Waals surface area contributed by atoms with E-state index in [1.54, 1.807) is 0 Å². The first-order valence-corrected chi connectivity index (χ1v) is 6.49. The van der Waals surface area contributed by atoms with E-state index in [1.165, 1.54) is 18.2 Å². The van der Waals surface area contributed by atoms with Crippen LogP contribution in [0.25, 0.3) is 0 Å². The fourth-order valence-electron chi connectivity index (χ4n) is 2.00. The molecular formula is C13H15ClN2O3. The second kappa shape index (κ2) is 5.48. The lowest BCUT2D eigenvalue weighted by molar-refractivity contribution is 0.0698. The highest BCUT2D eigenvalue weighted by atomic mass is 35.5. The fraction of sp³-hybridized carbons (Fsp3) is 0.385. The van der Waals surface area contributed by atoms with E-state index in [0.717, 1.165) is 12.8 Å². The normalized spacial score (nSPS) is 20.7. The number of carbonyl (C=O) groups is 2. The number of nitrogens with one attached hydrogen (secondary N) is 2. The number of amides is 2. The number of carboxylic acids is 1. The predicted octanol–water partition coefficient (Wildman–Crippen LogP) is 2.96. The highest BCUT2D eigenvalue weighted by Gasteiger charge is 2.36. The van der Waals surface area contributed by atoms with Crippen molar-refractivity contribution in [1.82, 2.24) is 5.32 Å². The molecule has 2 atom stereocenters. The van der Waals surface area contributed by atoms with E-state index >= 15 is 0 Å². The molecule has 0 spiro atoms. The largest absolute Gasteiger partial charge is 0.478 e. The molecule has 1 aromatic carbocycles. The van der Waals surface area contributed by atoms with Crippen LogP contribution in [0.5, 0.6) is 0 Å². The first kappa shape index (κ1) is 13.7. The molecule has 2 amide bonds. The molecule has 2 unspecified atom stereocenters. The molecule has 1 aromatic rings. The van der Waals surface area contributed by atoms with Gasteiger partial charge in [0.25, 0.3) is 0 Å². The van der Waals surface area contributed by atoms with Gasteiger partial charge in [0.15, 0.2) is 0 Å². The minimum Gasteiger partial charge on any atom is -0.478 e. The molecule has 1 fully saturated rings. The van der Waals surface area contributed by atoms with Crippen molar-refractivity contribution in [3.8, 4) is 0 Å². The summed E-state index contributed by atoms with van der Waals surface area (Å²) in [7, 11) is 0. The van der Waals surface area contributed by atoms with Gasteiger partial charge in [-0.1, -0.05) is 24.9 Å². The molecule has 0 aliphatic heterocycles. The van der Waals surface area contributed by atoms with E-state index in [-0.39, 0.29) is 23.3 Å². The Morgan fingerprint density at radius 2 is 2.21 bits per heavy atom. The van der Waals surface area contributed by atoms with Gasteiger partial charge in [-0.15, -0.1) is 0 Å². The summed E-state index contributed by atoms with van der Waals surface area (Å²) in [6.45, 7) is 2.08. The molecule has 1 aliphatic rings. The van der Waals surface area contributed by atoms with E-state index in [4.69, 9.17) is 16.7 Å². The second-order valence-electron chi connectivity index (χ2n) is 4.60. The maximum atomic E-state index is 11.7. The van der Waals surface area contributed by atoms with E-state index in [1.807, 2.05) is 0 Å². The van der Waals surface area contributed by atoms with Gasteiger partial charge >= 0.3 is 12.0 Å². The van der Waals surface area contributed by atoms with E-state index < -0.39 is 5.97 Å². The van der Waals surface area contributed by atoms with Gasteiger partial charge in [0, 0.05) is 11.1 Å². The number of hydrogen-bond donors (Lipinski definition) is 3. The van der Waals surface area contributed by atoms with Gasteiger partial charge in [-0.2, -0.15) is 0 Å². The van der Waals surface area contributed by atoms with Crippen molar-refractivity contribution in [3.63, 3.8) is 0 Å². The van der Waals surface area contributed by atoms with Crippen LogP contribution in [-0.2, 0) is 0 Å². The molecule has 0 saturated heterocycles. The maximum absolute atomic E-state index is 11.7. The van der Waals surface area contributed by atoms with Crippen molar-refractivity contribution < 1.29 is 14.7 Å². The first-order chi connectivity index (χ1) is 9.01. The van der Waals surface area contributed by atoms with E-state index in [0.29, 0.717) is 10.9 Å². The Balaban J connectivity index is 2.02. The lowest BCUT2D eigenvalue weighted by atomic mass is 10.2. The number of halogens is 1. The smallest absolute Gasteiger partial charge is 0.337 e. The van der Waals surface area contributed by atoms with Crippen LogP contribution >= 0.6 is 11.6 Å². The summed E-state index contributed by atoms with van der Waals surface area (Å²) in [5.41, 5.74) is 0.216. The summed E-state index contributed by atoms with van der Waals surface area (Å²) in [6, 6.07) is 4.15. The molecule has 6 heteroatoms. The van der Waals surface area contributed by atoms with Crippen LogP contribution in [0.3, 0.4) is 0 Å². The Labute approximate surface area is 116 Å². The number of benzene rings is 1. The molecule has 0 radical (unpaired) electrons. The summed E-state index contributed by atoms with van der Waals surface area (Å²) in [4.78, 5) is 22.8. The number of hydrogen-bond acceptors (Lipinski definition) is 2. The zero-order valence-electron chi connectivity index (χ0n) is 10.4. The number of carboxylic acid groups (broad SMARTS) is 1. The predicted molar refractivity (Wildman–Crippen MR) is 72.8 cm³/mol. The maximum Gasteiger partial charge on any atom is 0.337 e. The molecular weight excluding hydrogens is 268 g/mol. The second-order valence-corrected chi connectivity index (χ2v) is 5.04. The van der Waals surface area contributed by atoms with Crippen LogP contribution in [-0.4, -0.2) is 23.1 Å². The van der Waals surface area contributed by atoms with Crippen molar-refractivity contribution in [2.75, 3.05) is 5.32 Å². The van der Waals surface area contributed by atoms with Crippen LogP contribution in [0.15, 0.2) is 18.2 Å². The number of anilines is 1. The Morgan fingerprint density at radius 3 is 2.79 bits per heavy atom. The fourth-order valence-corrected chi connectivity index (χ4v) is 2.18. The van der Waals surface area contributed by atoms with Crippen LogP contribution in [0, 0.1) is 5.92 Å². The van der Waals surface area contributed by atoms with Gasteiger partial charge in [0.05, 0.1) is 11.3 Å². The average molecular weight is 283 g/mol. The number of rotatable bonds is 4. The van der Waals surface area contributed by atoms with Gasteiger partial charge in [0.1, 0.15) is 0 Å². The SMILES string of the molecule is CCC1CC1NC(=O)Nc1ccc(Cl)cc1C(=O)O. The molecule has 102 valence electrons. The summed E-state index contributed by atoms with van der Waals surface area (Å²) < 4.78 is 0. The lowest BCUT2D eigenvalue weighted by Gasteiger charge is -2.10. The average Bonchev–Trinajstić information content (AvgIpc) is 3.09. The highest BCUT2D eigenvalue weighted by Crippen LogP contribution is 2.33. The third kappa shape index (κ3) is 3.38. The third-order valence-corrected chi connectivity index (χ3v) is 3.46. The van der Waals surface area contributed by atoms with Crippen molar-refractivity contribution >= 4 is 29.3 Å². The van der Waals surface area contributed by atoms with Gasteiger partial charge in [0.2, 0.25) is 0 Å². The molecule has 3 N–H and O–H groups in total. The summed E-state index contributed by atoms with van der Waals surface area (Å²) in [5.74, 6) is -0.592. The highest BCUT2D eigenvalue weighted by molar-refractivity contribution is 6.31. The summed E-state index contributed by atoms with van der Waals surface area (Å²) in [5, 5.41) is 14.7. The Hall–Kier alpha value is -1.75.